The number of hydrogen-bond donors (Lipinski definition) is 0. The van der Waals surface area contributed by atoms with Gasteiger partial charge in [0.15, 0.2) is 0 Å². The van der Waals surface area contributed by atoms with Crippen LogP contribution >= 0.6 is 0 Å². The molecule has 0 aromatic heterocycles. The van der Waals surface area contributed by atoms with Gasteiger partial charge in [-0.15, -0.1) is 0 Å². The Hall–Kier alpha value is -2.28. The van der Waals surface area contributed by atoms with Crippen LogP contribution in [0.15, 0.2) is 0 Å². The van der Waals surface area contributed by atoms with Gasteiger partial charge in [0.2, 0.25) is 0 Å². The molecule has 5 aliphatic heterocycles. The Morgan fingerprint density at radius 2 is 0.554 bits per heavy atom. The zero-order chi connectivity index (χ0) is 40.5. The van der Waals surface area contributed by atoms with Gasteiger partial charge in [0.25, 0.3) is 0 Å². The first-order chi connectivity index (χ1) is 26.8. The van der Waals surface area contributed by atoms with Crippen LogP contribution in [0, 0.1) is 23.7 Å². The highest BCUT2D eigenvalue weighted by atomic mass is 16.6. The molecule has 5 aliphatic rings. The minimum atomic E-state index is -0.434. The summed E-state index contributed by atoms with van der Waals surface area (Å²) in [4.78, 5) is 53.5. The van der Waals surface area contributed by atoms with Crippen molar-refractivity contribution in [2.45, 2.75) is 231 Å². The number of cyclic esters (lactones) is 4. The van der Waals surface area contributed by atoms with Crippen LogP contribution < -0.4 is 0 Å². The third kappa shape index (κ3) is 11.9. The lowest BCUT2D eigenvalue weighted by Crippen LogP contribution is -2.35. The van der Waals surface area contributed by atoms with Gasteiger partial charge in [0, 0.05) is 25.7 Å². The maximum absolute atomic E-state index is 13.4. The van der Waals surface area contributed by atoms with E-state index in [0.717, 1.165) is 51.4 Å². The molecule has 56 heavy (non-hydrogen) atoms. The van der Waals surface area contributed by atoms with E-state index in [1.165, 1.54) is 0 Å². The molecule has 5 rings (SSSR count). The molecule has 0 radical (unpaired) electrons. The number of carbonyl (C=O) groups excluding carboxylic acids is 4. The maximum atomic E-state index is 13.4. The molecule has 0 aromatic carbocycles. The SMILES string of the molecule is CC[C@H]1C[C@@H]2CC[C@@H](O2)[C@@H](C)C(=O)O[C@H](CC)C[C@H]2CC[C@H](O2)[C@H](C)C(=O)O[C@@H](CC)C[C@@H]2CC[C@@H](O2)[C@@H](C)C(=O)O[C@H](CC)C[C@H]2CC[C@H](O2)[C@H](C)C(=O)O1. The van der Waals surface area contributed by atoms with Crippen LogP contribution in [0.3, 0.4) is 0 Å². The lowest BCUT2D eigenvalue weighted by molar-refractivity contribution is -0.162. The van der Waals surface area contributed by atoms with Gasteiger partial charge in [0.1, 0.15) is 24.4 Å². The van der Waals surface area contributed by atoms with Crippen LogP contribution in [0.1, 0.15) is 158 Å². The van der Waals surface area contributed by atoms with Gasteiger partial charge in [0.05, 0.1) is 72.5 Å². The van der Waals surface area contributed by atoms with Gasteiger partial charge >= 0.3 is 23.9 Å². The standard InChI is InChI=1S/C44H72O12/c1-9-29-21-33-13-17-38(49-33)26(6)42(46)54-31(11-3)23-35-15-19-40(51-35)28(8)44(48)56-32(12-4)24-36-16-20-39(52-36)27(7)43(47)55-30(10-2)22-34-14-18-37(50-34)25(5)41(45)53-29/h25-40H,9-24H2,1-8H3/t25-,26+,27+,28-,29-,30+,31+,32-,33-,34+,35+,36-,37-,38+,39+,40-. The molecule has 5 saturated heterocycles. The average Bonchev–Trinajstić information content (AvgIpc) is 4.03. The van der Waals surface area contributed by atoms with E-state index in [2.05, 4.69) is 0 Å². The minimum absolute atomic E-state index is 0.116. The van der Waals surface area contributed by atoms with Crippen molar-refractivity contribution >= 4 is 23.9 Å². The first-order valence-corrected chi connectivity index (χ1v) is 22.3. The third-order valence-corrected chi connectivity index (χ3v) is 13.3. The van der Waals surface area contributed by atoms with Crippen LogP contribution in [-0.4, -0.2) is 97.1 Å². The van der Waals surface area contributed by atoms with E-state index in [0.29, 0.717) is 51.4 Å². The lowest BCUT2D eigenvalue weighted by atomic mass is 9.99. The van der Waals surface area contributed by atoms with Crippen molar-refractivity contribution in [1.29, 1.82) is 0 Å². The molecule has 0 saturated carbocycles. The minimum Gasteiger partial charge on any atom is -0.462 e. The summed E-state index contributed by atoms with van der Waals surface area (Å²) in [6.07, 6.45) is 8.23. The molecule has 0 unspecified atom stereocenters. The summed E-state index contributed by atoms with van der Waals surface area (Å²) in [7, 11) is 0. The molecule has 5 heterocycles. The third-order valence-electron chi connectivity index (χ3n) is 13.3. The summed E-state index contributed by atoms with van der Waals surface area (Å²) < 4.78 is 49.6. The maximum Gasteiger partial charge on any atom is 0.311 e. The van der Waals surface area contributed by atoms with E-state index in [1.54, 1.807) is 0 Å². The molecule has 0 spiro atoms. The van der Waals surface area contributed by atoms with Crippen molar-refractivity contribution in [2.75, 3.05) is 0 Å². The fourth-order valence-corrected chi connectivity index (χ4v) is 9.16. The summed E-state index contributed by atoms with van der Waals surface area (Å²) in [5.41, 5.74) is 0. The molecule has 8 bridgehead atoms. The van der Waals surface area contributed by atoms with Crippen molar-refractivity contribution in [1.82, 2.24) is 0 Å². The molecule has 5 fully saturated rings. The zero-order valence-corrected chi connectivity index (χ0v) is 35.5. The second kappa shape index (κ2) is 21.1. The Kier molecular flexibility index (Phi) is 16.9. The molecule has 0 N–H and O–H groups in total. The van der Waals surface area contributed by atoms with Gasteiger partial charge in [-0.3, -0.25) is 19.2 Å². The number of rotatable bonds is 4. The van der Waals surface area contributed by atoms with Crippen LogP contribution in [0.2, 0.25) is 0 Å². The normalized spacial score (nSPS) is 42.9. The smallest absolute Gasteiger partial charge is 0.311 e. The Balaban J connectivity index is 1.24. The first kappa shape index (κ1) is 44.8. The monoisotopic (exact) mass is 793 g/mol. The van der Waals surface area contributed by atoms with Crippen LogP contribution in [0.4, 0.5) is 0 Å². The number of fused-ring (bicyclic) bond motifs is 8. The highest BCUT2D eigenvalue weighted by Crippen LogP contribution is 2.35. The van der Waals surface area contributed by atoms with Crippen LogP contribution in [0.5, 0.6) is 0 Å². The second-order valence-corrected chi connectivity index (χ2v) is 17.5. The molecule has 0 amide bonds. The van der Waals surface area contributed by atoms with E-state index >= 15 is 0 Å². The van der Waals surface area contributed by atoms with Crippen molar-refractivity contribution in [3.63, 3.8) is 0 Å². The van der Waals surface area contributed by atoms with Crippen molar-refractivity contribution < 1.29 is 57.1 Å². The average molecular weight is 793 g/mol. The van der Waals surface area contributed by atoms with Gasteiger partial charge in [-0.25, -0.2) is 0 Å². The van der Waals surface area contributed by atoms with E-state index in [-0.39, 0.29) is 97.1 Å². The number of ether oxygens (including phenoxy) is 8. The highest BCUT2D eigenvalue weighted by molar-refractivity contribution is 5.74. The Morgan fingerprint density at radius 3 is 0.732 bits per heavy atom. The summed E-state index contributed by atoms with van der Waals surface area (Å²) >= 11 is 0. The van der Waals surface area contributed by atoms with Gasteiger partial charge in [-0.05, 0) is 105 Å². The first-order valence-electron chi connectivity index (χ1n) is 22.3. The Bertz CT molecular complexity index is 1100. The van der Waals surface area contributed by atoms with E-state index in [1.807, 2.05) is 55.4 Å². The topological polar surface area (TPSA) is 142 Å². The molecular weight excluding hydrogens is 720 g/mol. The van der Waals surface area contributed by atoms with E-state index in [4.69, 9.17) is 37.9 Å². The highest BCUT2D eigenvalue weighted by Gasteiger charge is 2.41. The molecule has 0 aliphatic carbocycles. The quantitative estimate of drug-likeness (QED) is 0.205. The van der Waals surface area contributed by atoms with E-state index in [9.17, 15) is 19.2 Å². The summed E-state index contributed by atoms with van der Waals surface area (Å²) in [6.45, 7) is 15.5. The van der Waals surface area contributed by atoms with Crippen LogP contribution in [0.25, 0.3) is 0 Å². The predicted molar refractivity (Wildman–Crippen MR) is 207 cm³/mol. The van der Waals surface area contributed by atoms with Crippen molar-refractivity contribution in [3.05, 3.63) is 0 Å². The predicted octanol–water partition coefficient (Wildman–Crippen LogP) is 7.58. The van der Waals surface area contributed by atoms with Crippen molar-refractivity contribution in [2.24, 2.45) is 23.7 Å². The summed E-state index contributed by atoms with van der Waals surface area (Å²) in [5.74, 6) is -2.83. The van der Waals surface area contributed by atoms with Crippen LogP contribution in [-0.2, 0) is 57.1 Å². The van der Waals surface area contributed by atoms with Crippen molar-refractivity contribution in [3.8, 4) is 0 Å². The van der Waals surface area contributed by atoms with Gasteiger partial charge in [-0.2, -0.15) is 0 Å². The fraction of sp³-hybridized carbons (Fsp3) is 0.909. The fourth-order valence-electron chi connectivity index (χ4n) is 9.16. The Labute approximate surface area is 335 Å². The number of carbonyl (C=O) groups is 4. The molecule has 320 valence electrons. The van der Waals surface area contributed by atoms with Gasteiger partial charge in [-0.1, -0.05) is 27.7 Å². The molecule has 16 atom stereocenters. The summed E-state index contributed by atoms with van der Waals surface area (Å²) in [6, 6.07) is 0. The summed E-state index contributed by atoms with van der Waals surface area (Å²) in [5, 5.41) is 0. The lowest BCUT2D eigenvalue weighted by Gasteiger charge is -2.27. The number of esters is 4. The largest absolute Gasteiger partial charge is 0.462 e. The molecular formula is C44H72O12. The molecule has 12 nitrogen and oxygen atoms in total. The molecule has 12 heteroatoms. The number of hydrogen-bond acceptors (Lipinski definition) is 12. The van der Waals surface area contributed by atoms with Gasteiger partial charge < -0.3 is 37.9 Å². The second-order valence-electron chi connectivity index (χ2n) is 17.5. The Morgan fingerprint density at radius 1 is 0.357 bits per heavy atom. The zero-order valence-electron chi connectivity index (χ0n) is 35.5. The van der Waals surface area contributed by atoms with E-state index < -0.39 is 23.7 Å². The molecule has 0 aromatic rings.